The summed E-state index contributed by atoms with van der Waals surface area (Å²) in [7, 11) is 2.15. The highest BCUT2D eigenvalue weighted by Crippen LogP contribution is 2.28. The summed E-state index contributed by atoms with van der Waals surface area (Å²) in [5.74, 6) is 0.843. The molecule has 0 unspecified atom stereocenters. The lowest BCUT2D eigenvalue weighted by atomic mass is 10.00. The molecule has 4 nitrogen and oxygen atoms in total. The summed E-state index contributed by atoms with van der Waals surface area (Å²) in [5.41, 5.74) is 6.75. The molecule has 1 aliphatic rings. The molecule has 0 aliphatic carbocycles. The number of hydrogen-bond donors (Lipinski definition) is 1. The van der Waals surface area contributed by atoms with E-state index in [9.17, 15) is 0 Å². The van der Waals surface area contributed by atoms with Gasteiger partial charge in [0.05, 0.1) is 10.7 Å². The van der Waals surface area contributed by atoms with Crippen molar-refractivity contribution in [3.05, 3.63) is 17.3 Å². The van der Waals surface area contributed by atoms with Gasteiger partial charge in [-0.3, -0.25) is 4.90 Å². The zero-order chi connectivity index (χ0) is 12.6. The fourth-order valence-corrected chi connectivity index (χ4v) is 2.30. The lowest BCUT2D eigenvalue weighted by Gasteiger charge is -2.46. The fraction of sp³-hybridized carbons (Fsp3) is 0.583. The third kappa shape index (κ3) is 2.48. The van der Waals surface area contributed by atoms with Crippen LogP contribution in [0.1, 0.15) is 13.8 Å². The maximum absolute atomic E-state index is 5.97. The van der Waals surface area contributed by atoms with Crippen molar-refractivity contribution in [3.63, 3.8) is 0 Å². The minimum absolute atomic E-state index is 0.131. The van der Waals surface area contributed by atoms with Gasteiger partial charge in [-0.2, -0.15) is 0 Å². The van der Waals surface area contributed by atoms with Crippen LogP contribution in [0.2, 0.25) is 5.02 Å². The summed E-state index contributed by atoms with van der Waals surface area (Å²) in [5, 5.41) is 0.583. The van der Waals surface area contributed by atoms with Crippen LogP contribution in [0.25, 0.3) is 0 Å². The summed E-state index contributed by atoms with van der Waals surface area (Å²) in [6.45, 7) is 7.33. The van der Waals surface area contributed by atoms with E-state index >= 15 is 0 Å². The molecule has 1 aromatic rings. The van der Waals surface area contributed by atoms with Crippen LogP contribution in [-0.4, -0.2) is 42.1 Å². The number of nitrogens with zero attached hydrogens (tertiary/aromatic N) is 3. The van der Waals surface area contributed by atoms with Gasteiger partial charge in [-0.05, 0) is 27.0 Å². The predicted molar refractivity (Wildman–Crippen MR) is 72.6 cm³/mol. The van der Waals surface area contributed by atoms with Gasteiger partial charge in [0, 0.05) is 31.4 Å². The number of aromatic nitrogens is 1. The molecule has 0 spiro atoms. The van der Waals surface area contributed by atoms with Crippen LogP contribution < -0.4 is 10.6 Å². The number of halogens is 1. The van der Waals surface area contributed by atoms with Crippen LogP contribution in [0.4, 0.5) is 11.5 Å². The number of piperazine rings is 1. The highest BCUT2D eigenvalue weighted by molar-refractivity contribution is 6.30. The molecule has 2 rings (SSSR count). The van der Waals surface area contributed by atoms with Gasteiger partial charge in [0.1, 0.15) is 0 Å². The first-order valence-electron chi connectivity index (χ1n) is 5.77. The van der Waals surface area contributed by atoms with Crippen molar-refractivity contribution in [2.45, 2.75) is 19.4 Å². The zero-order valence-corrected chi connectivity index (χ0v) is 11.3. The summed E-state index contributed by atoms with van der Waals surface area (Å²) in [6.07, 6.45) is 1.65. The minimum atomic E-state index is 0.131. The molecule has 0 saturated carbocycles. The van der Waals surface area contributed by atoms with Crippen LogP contribution in [0.15, 0.2) is 12.3 Å². The van der Waals surface area contributed by atoms with E-state index in [1.807, 2.05) is 0 Å². The molecule has 1 saturated heterocycles. The highest BCUT2D eigenvalue weighted by Gasteiger charge is 2.32. The molecule has 5 heteroatoms. The largest absolute Gasteiger partial charge is 0.396 e. The molecular weight excluding hydrogens is 236 g/mol. The summed E-state index contributed by atoms with van der Waals surface area (Å²) < 4.78 is 0. The number of nitrogens with two attached hydrogens (primary N) is 1. The zero-order valence-electron chi connectivity index (χ0n) is 10.6. The van der Waals surface area contributed by atoms with E-state index in [0.29, 0.717) is 10.7 Å². The predicted octanol–water partition coefficient (Wildman–Crippen LogP) is 1.85. The smallest absolute Gasteiger partial charge is 0.151 e. The van der Waals surface area contributed by atoms with Gasteiger partial charge in [0.15, 0.2) is 5.82 Å². The van der Waals surface area contributed by atoms with Crippen molar-refractivity contribution in [3.8, 4) is 0 Å². The van der Waals surface area contributed by atoms with Crippen molar-refractivity contribution >= 4 is 23.1 Å². The molecule has 2 heterocycles. The molecule has 2 N–H and O–H groups in total. The number of nitrogen functional groups attached to an aromatic ring is 1. The third-order valence-corrected chi connectivity index (χ3v) is 3.68. The van der Waals surface area contributed by atoms with E-state index < -0.39 is 0 Å². The quantitative estimate of drug-likeness (QED) is 0.831. The van der Waals surface area contributed by atoms with Gasteiger partial charge in [-0.25, -0.2) is 4.98 Å². The van der Waals surface area contributed by atoms with Crippen LogP contribution >= 0.6 is 11.6 Å². The first kappa shape index (κ1) is 12.5. The topological polar surface area (TPSA) is 45.4 Å². The van der Waals surface area contributed by atoms with Gasteiger partial charge in [0.25, 0.3) is 0 Å². The second kappa shape index (κ2) is 4.35. The second-order valence-electron chi connectivity index (χ2n) is 5.22. The van der Waals surface area contributed by atoms with Crippen molar-refractivity contribution in [1.29, 1.82) is 0 Å². The Hall–Kier alpha value is -1.00. The molecule has 1 fully saturated rings. The van der Waals surface area contributed by atoms with Crippen molar-refractivity contribution in [2.75, 3.05) is 37.3 Å². The molecule has 94 valence electrons. The molecule has 0 amide bonds. The molecule has 1 aliphatic heterocycles. The van der Waals surface area contributed by atoms with E-state index in [4.69, 9.17) is 17.3 Å². The lowest BCUT2D eigenvalue weighted by molar-refractivity contribution is 0.138. The van der Waals surface area contributed by atoms with E-state index in [0.717, 1.165) is 25.5 Å². The second-order valence-corrected chi connectivity index (χ2v) is 5.66. The highest BCUT2D eigenvalue weighted by atomic mass is 35.5. The number of rotatable bonds is 1. The summed E-state index contributed by atoms with van der Waals surface area (Å²) in [6, 6.07) is 1.76. The SMILES string of the molecule is CN1CCN(c2ncc(Cl)cc2N)CC1(C)C. The maximum atomic E-state index is 5.97. The average Bonchev–Trinajstić information content (AvgIpc) is 2.22. The van der Waals surface area contributed by atoms with Crippen LogP contribution in [0.5, 0.6) is 0 Å². The Morgan fingerprint density at radius 1 is 1.41 bits per heavy atom. The Morgan fingerprint density at radius 3 is 2.71 bits per heavy atom. The molecular formula is C12H19ClN4. The Morgan fingerprint density at radius 2 is 2.12 bits per heavy atom. The van der Waals surface area contributed by atoms with E-state index in [1.54, 1.807) is 12.3 Å². The lowest BCUT2D eigenvalue weighted by Crippen LogP contribution is -2.58. The Balaban J connectivity index is 2.24. The number of anilines is 2. The van der Waals surface area contributed by atoms with Gasteiger partial charge in [-0.1, -0.05) is 11.6 Å². The van der Waals surface area contributed by atoms with Crippen molar-refractivity contribution in [2.24, 2.45) is 0 Å². The standard InChI is InChI=1S/C12H19ClN4/c1-12(2)8-17(5-4-16(12)3)11-10(14)6-9(13)7-15-11/h6-7H,4-5,8,14H2,1-3H3. The maximum Gasteiger partial charge on any atom is 0.151 e. The molecule has 0 bridgehead atoms. The van der Waals surface area contributed by atoms with Gasteiger partial charge in [-0.15, -0.1) is 0 Å². The molecule has 0 atom stereocenters. The first-order valence-corrected chi connectivity index (χ1v) is 6.15. The summed E-state index contributed by atoms with van der Waals surface area (Å²) in [4.78, 5) is 8.93. The first-order chi connectivity index (χ1) is 7.90. The van der Waals surface area contributed by atoms with Gasteiger partial charge >= 0.3 is 0 Å². The number of pyridine rings is 1. The molecule has 0 aromatic carbocycles. The molecule has 0 radical (unpaired) electrons. The summed E-state index contributed by atoms with van der Waals surface area (Å²) >= 11 is 5.87. The van der Waals surface area contributed by atoms with E-state index in [-0.39, 0.29) is 5.54 Å². The average molecular weight is 255 g/mol. The number of hydrogen-bond acceptors (Lipinski definition) is 4. The van der Waals surface area contributed by atoms with Crippen LogP contribution in [0, 0.1) is 0 Å². The third-order valence-electron chi connectivity index (χ3n) is 3.48. The van der Waals surface area contributed by atoms with E-state index in [2.05, 4.69) is 35.7 Å². The van der Waals surface area contributed by atoms with E-state index in [1.165, 1.54) is 0 Å². The molecule has 17 heavy (non-hydrogen) atoms. The number of likely N-dealkylation sites (N-methyl/N-ethyl adjacent to an activating group) is 1. The monoisotopic (exact) mass is 254 g/mol. The Kier molecular flexibility index (Phi) is 3.19. The van der Waals surface area contributed by atoms with Gasteiger partial charge < -0.3 is 10.6 Å². The minimum Gasteiger partial charge on any atom is -0.396 e. The van der Waals surface area contributed by atoms with Crippen LogP contribution in [0.3, 0.4) is 0 Å². The molecule has 1 aromatic heterocycles. The van der Waals surface area contributed by atoms with Crippen molar-refractivity contribution < 1.29 is 0 Å². The van der Waals surface area contributed by atoms with Gasteiger partial charge in [0.2, 0.25) is 0 Å². The van der Waals surface area contributed by atoms with Crippen molar-refractivity contribution in [1.82, 2.24) is 9.88 Å². The normalized spacial score (nSPS) is 20.6. The Bertz CT molecular complexity index is 419. The van der Waals surface area contributed by atoms with Crippen LogP contribution in [-0.2, 0) is 0 Å². The Labute approximate surface area is 107 Å². The fourth-order valence-electron chi connectivity index (χ4n) is 2.13.